The van der Waals surface area contributed by atoms with Gasteiger partial charge in [0.15, 0.2) is 0 Å². The maximum atomic E-state index is 11.8. The van der Waals surface area contributed by atoms with Gasteiger partial charge in [-0.1, -0.05) is 11.3 Å². The predicted molar refractivity (Wildman–Crippen MR) is 64.2 cm³/mol. The molecule has 0 unspecified atom stereocenters. The van der Waals surface area contributed by atoms with Crippen LogP contribution in [0.1, 0.15) is 5.56 Å². The normalized spacial score (nSPS) is 10.5. The maximum absolute atomic E-state index is 11.8. The van der Waals surface area contributed by atoms with Crippen molar-refractivity contribution in [1.82, 2.24) is 19.3 Å². The molecule has 0 fully saturated rings. The van der Waals surface area contributed by atoms with E-state index in [9.17, 15) is 9.59 Å². The summed E-state index contributed by atoms with van der Waals surface area (Å²) in [5.41, 5.74) is 1.46. The van der Waals surface area contributed by atoms with Crippen molar-refractivity contribution in [3.63, 3.8) is 0 Å². The van der Waals surface area contributed by atoms with Gasteiger partial charge in [-0.3, -0.25) is 9.36 Å². The lowest BCUT2D eigenvalue weighted by Crippen LogP contribution is -2.38. The number of nitrogens with one attached hydrogen (secondary N) is 1. The van der Waals surface area contributed by atoms with Crippen molar-refractivity contribution in [2.45, 2.75) is 6.54 Å². The molecule has 2 heterocycles. The van der Waals surface area contributed by atoms with Crippen LogP contribution in [-0.2, 0) is 20.6 Å². The van der Waals surface area contributed by atoms with Crippen LogP contribution in [0.5, 0.6) is 0 Å². The summed E-state index contributed by atoms with van der Waals surface area (Å²) >= 11 is 1.35. The molecule has 2 aromatic rings. The minimum Gasteiger partial charge on any atom is -0.356 e. The highest BCUT2D eigenvalue weighted by Crippen LogP contribution is 2.08. The SMILES string of the molecule is Cn1cc(CNc2nncs2)c(=O)n(C)c1=O. The van der Waals surface area contributed by atoms with Gasteiger partial charge in [0.05, 0.1) is 5.56 Å². The van der Waals surface area contributed by atoms with E-state index in [1.54, 1.807) is 12.6 Å². The number of nitrogens with zero attached hydrogens (tertiary/aromatic N) is 4. The van der Waals surface area contributed by atoms with Crippen molar-refractivity contribution in [2.24, 2.45) is 14.1 Å². The van der Waals surface area contributed by atoms with Crippen LogP contribution in [-0.4, -0.2) is 19.3 Å². The zero-order chi connectivity index (χ0) is 12.4. The highest BCUT2D eigenvalue weighted by molar-refractivity contribution is 7.13. The molecule has 0 saturated heterocycles. The van der Waals surface area contributed by atoms with E-state index in [1.807, 2.05) is 0 Å². The second kappa shape index (κ2) is 4.50. The van der Waals surface area contributed by atoms with Gasteiger partial charge in [0, 0.05) is 26.8 Å². The van der Waals surface area contributed by atoms with Crippen LogP contribution in [0.3, 0.4) is 0 Å². The Balaban J connectivity index is 2.28. The van der Waals surface area contributed by atoms with Crippen LogP contribution in [0.4, 0.5) is 5.13 Å². The molecular formula is C9H11N5O2S. The molecular weight excluding hydrogens is 242 g/mol. The molecule has 0 aliphatic heterocycles. The van der Waals surface area contributed by atoms with Crippen molar-refractivity contribution >= 4 is 16.5 Å². The number of anilines is 1. The van der Waals surface area contributed by atoms with E-state index in [-0.39, 0.29) is 11.2 Å². The number of hydrogen-bond acceptors (Lipinski definition) is 6. The van der Waals surface area contributed by atoms with Gasteiger partial charge in [-0.25, -0.2) is 4.79 Å². The summed E-state index contributed by atoms with van der Waals surface area (Å²) in [7, 11) is 3.06. The molecule has 0 saturated carbocycles. The molecule has 0 spiro atoms. The highest BCUT2D eigenvalue weighted by atomic mass is 32.1. The van der Waals surface area contributed by atoms with Crippen molar-refractivity contribution < 1.29 is 0 Å². The molecule has 8 heteroatoms. The van der Waals surface area contributed by atoms with Gasteiger partial charge in [-0.15, -0.1) is 10.2 Å². The average molecular weight is 253 g/mol. The van der Waals surface area contributed by atoms with E-state index < -0.39 is 0 Å². The van der Waals surface area contributed by atoms with Gasteiger partial charge in [0.1, 0.15) is 5.51 Å². The first-order chi connectivity index (χ1) is 8.09. The standard InChI is InChI=1S/C9H11N5O2S/c1-13-4-6(7(15)14(2)9(13)16)3-10-8-12-11-5-17-8/h4-5H,3H2,1-2H3,(H,10,12). The molecule has 0 aliphatic rings. The molecule has 17 heavy (non-hydrogen) atoms. The summed E-state index contributed by atoms with van der Waals surface area (Å²) < 4.78 is 2.45. The maximum Gasteiger partial charge on any atom is 0.330 e. The Hall–Kier alpha value is -1.96. The van der Waals surface area contributed by atoms with Crippen LogP contribution in [0, 0.1) is 0 Å². The molecule has 2 rings (SSSR count). The molecule has 0 bridgehead atoms. The van der Waals surface area contributed by atoms with Crippen LogP contribution in [0.25, 0.3) is 0 Å². The number of aryl methyl sites for hydroxylation is 1. The van der Waals surface area contributed by atoms with Crippen molar-refractivity contribution in [1.29, 1.82) is 0 Å². The van der Waals surface area contributed by atoms with E-state index in [4.69, 9.17) is 0 Å². The monoisotopic (exact) mass is 253 g/mol. The second-order valence-corrected chi connectivity index (χ2v) is 4.34. The van der Waals surface area contributed by atoms with Crippen molar-refractivity contribution in [2.75, 3.05) is 5.32 Å². The number of aromatic nitrogens is 4. The van der Waals surface area contributed by atoms with E-state index in [1.165, 1.54) is 29.1 Å². The van der Waals surface area contributed by atoms with Gasteiger partial charge in [0.2, 0.25) is 5.13 Å². The van der Waals surface area contributed by atoms with Gasteiger partial charge < -0.3 is 9.88 Å². The third kappa shape index (κ3) is 2.26. The molecule has 2 aromatic heterocycles. The number of rotatable bonds is 3. The minimum absolute atomic E-state index is 0.301. The summed E-state index contributed by atoms with van der Waals surface area (Å²) in [4.78, 5) is 23.2. The predicted octanol–water partition coefficient (Wildman–Crippen LogP) is -0.452. The zero-order valence-electron chi connectivity index (χ0n) is 9.38. The van der Waals surface area contributed by atoms with Crippen LogP contribution >= 0.6 is 11.3 Å². The van der Waals surface area contributed by atoms with E-state index in [0.29, 0.717) is 17.2 Å². The van der Waals surface area contributed by atoms with E-state index in [2.05, 4.69) is 15.5 Å². The molecule has 0 aromatic carbocycles. The number of hydrogen-bond donors (Lipinski definition) is 1. The first-order valence-electron chi connectivity index (χ1n) is 4.85. The Kier molecular flexibility index (Phi) is 3.05. The zero-order valence-corrected chi connectivity index (χ0v) is 10.2. The van der Waals surface area contributed by atoms with Crippen LogP contribution in [0.15, 0.2) is 21.3 Å². The molecule has 90 valence electrons. The lowest BCUT2D eigenvalue weighted by molar-refractivity contribution is 0.671. The summed E-state index contributed by atoms with van der Waals surface area (Å²) in [6, 6.07) is 0. The largest absolute Gasteiger partial charge is 0.356 e. The van der Waals surface area contributed by atoms with Crippen molar-refractivity contribution in [3.8, 4) is 0 Å². The third-order valence-electron chi connectivity index (χ3n) is 2.31. The lowest BCUT2D eigenvalue weighted by Gasteiger charge is -2.06. The fourth-order valence-electron chi connectivity index (χ4n) is 1.43. The van der Waals surface area contributed by atoms with Gasteiger partial charge in [-0.05, 0) is 0 Å². The first-order valence-corrected chi connectivity index (χ1v) is 5.73. The summed E-state index contributed by atoms with van der Waals surface area (Å²) in [6.07, 6.45) is 1.53. The van der Waals surface area contributed by atoms with Gasteiger partial charge in [0.25, 0.3) is 5.56 Å². The fourth-order valence-corrected chi connectivity index (χ4v) is 1.87. The second-order valence-electron chi connectivity index (χ2n) is 3.51. The average Bonchev–Trinajstić information content (AvgIpc) is 2.82. The molecule has 0 aliphatic carbocycles. The van der Waals surface area contributed by atoms with E-state index >= 15 is 0 Å². The Morgan fingerprint density at radius 3 is 2.82 bits per heavy atom. The van der Waals surface area contributed by atoms with Gasteiger partial charge >= 0.3 is 5.69 Å². The summed E-state index contributed by atoms with van der Waals surface area (Å²) in [6.45, 7) is 0.315. The molecule has 7 nitrogen and oxygen atoms in total. The van der Waals surface area contributed by atoms with E-state index in [0.717, 1.165) is 4.57 Å². The quantitative estimate of drug-likeness (QED) is 0.801. The minimum atomic E-state index is -0.338. The Morgan fingerprint density at radius 1 is 1.41 bits per heavy atom. The Labute approximate surface area is 100 Å². The first kappa shape index (κ1) is 11.5. The Morgan fingerprint density at radius 2 is 2.18 bits per heavy atom. The molecule has 1 N–H and O–H groups in total. The molecule has 0 radical (unpaired) electrons. The highest BCUT2D eigenvalue weighted by Gasteiger charge is 2.06. The smallest absolute Gasteiger partial charge is 0.330 e. The lowest BCUT2D eigenvalue weighted by atomic mass is 10.3. The summed E-state index contributed by atoms with van der Waals surface area (Å²) in [5.74, 6) is 0. The van der Waals surface area contributed by atoms with Crippen LogP contribution < -0.4 is 16.6 Å². The fraction of sp³-hybridized carbons (Fsp3) is 0.333. The molecule has 0 amide bonds. The summed E-state index contributed by atoms with van der Waals surface area (Å²) in [5, 5.41) is 11.1. The third-order valence-corrected chi connectivity index (χ3v) is 2.96. The van der Waals surface area contributed by atoms with Gasteiger partial charge in [-0.2, -0.15) is 0 Å². The topological polar surface area (TPSA) is 81.8 Å². The Bertz CT molecular complexity index is 628. The van der Waals surface area contributed by atoms with Crippen molar-refractivity contribution in [3.05, 3.63) is 38.1 Å². The molecule has 0 atom stereocenters. The van der Waals surface area contributed by atoms with Crippen LogP contribution in [0.2, 0.25) is 0 Å².